The fourth-order valence-electron chi connectivity index (χ4n) is 5.48. The summed E-state index contributed by atoms with van der Waals surface area (Å²) in [7, 11) is 0. The first-order valence-electron chi connectivity index (χ1n) is 14.2. The molecule has 0 spiro atoms. The van der Waals surface area contributed by atoms with Gasteiger partial charge in [0.15, 0.2) is 11.2 Å². The van der Waals surface area contributed by atoms with Crippen LogP contribution in [0.2, 0.25) is 0 Å². The van der Waals surface area contributed by atoms with Crippen LogP contribution in [0.25, 0.3) is 11.2 Å². The highest BCUT2D eigenvalue weighted by Crippen LogP contribution is 2.45. The Kier molecular flexibility index (Phi) is 11.9. The fraction of sp³-hybridized carbons (Fsp3) is 0.690. The van der Waals surface area contributed by atoms with Crippen LogP contribution in [-0.4, -0.2) is 37.8 Å². The molecule has 8 heteroatoms. The maximum absolute atomic E-state index is 12.2. The molecule has 2 aromatic rings. The predicted molar refractivity (Wildman–Crippen MR) is 147 cm³/mol. The molecule has 3 atom stereocenters. The smallest absolute Gasteiger partial charge is 0.279 e. The van der Waals surface area contributed by atoms with Crippen molar-refractivity contribution in [1.29, 1.82) is 0 Å². The molecule has 0 aromatic carbocycles. The lowest BCUT2D eigenvalue weighted by molar-refractivity contribution is -0.264. The van der Waals surface area contributed by atoms with Gasteiger partial charge in [-0.2, -0.15) is 4.89 Å². The third-order valence-corrected chi connectivity index (χ3v) is 7.62. The van der Waals surface area contributed by atoms with E-state index in [9.17, 15) is 9.90 Å². The Morgan fingerprint density at radius 3 is 2.68 bits per heavy atom. The summed E-state index contributed by atoms with van der Waals surface area (Å²) in [4.78, 5) is 34.3. The molecule has 2 aromatic heterocycles. The summed E-state index contributed by atoms with van der Waals surface area (Å²) >= 11 is 0. The SMILES string of the molecule is C=C(CCCCCCC[C@H]1C[C@H](n2cnc3c(=O)[nH]c(C)nc32)C(=C)[C@@H]1CO)OOCCCCCCC. The van der Waals surface area contributed by atoms with Gasteiger partial charge in [0.2, 0.25) is 0 Å². The first-order valence-corrected chi connectivity index (χ1v) is 14.2. The molecule has 0 aliphatic heterocycles. The molecule has 1 aliphatic rings. The van der Waals surface area contributed by atoms with E-state index >= 15 is 0 Å². The van der Waals surface area contributed by atoms with Gasteiger partial charge in [-0.25, -0.2) is 9.97 Å². The molecular weight excluding hydrogens is 468 g/mol. The number of aromatic amines is 1. The first kappa shape index (κ1) is 29.1. The predicted octanol–water partition coefficient (Wildman–Crippen LogP) is 6.32. The molecule has 0 unspecified atom stereocenters. The van der Waals surface area contributed by atoms with Crippen LogP contribution in [-0.2, 0) is 9.78 Å². The van der Waals surface area contributed by atoms with Gasteiger partial charge < -0.3 is 19.5 Å². The summed E-state index contributed by atoms with van der Waals surface area (Å²) in [5, 5.41) is 10.1. The van der Waals surface area contributed by atoms with Gasteiger partial charge in [0.05, 0.1) is 19.0 Å². The zero-order valence-corrected chi connectivity index (χ0v) is 22.8. The van der Waals surface area contributed by atoms with Crippen LogP contribution in [0.5, 0.6) is 0 Å². The number of rotatable bonds is 18. The molecule has 2 heterocycles. The number of H-pyrrole nitrogens is 1. The molecule has 8 nitrogen and oxygen atoms in total. The molecule has 206 valence electrons. The Morgan fingerprint density at radius 1 is 1.16 bits per heavy atom. The average Bonchev–Trinajstić information content (AvgIpc) is 3.43. The van der Waals surface area contributed by atoms with E-state index in [1.807, 2.05) is 4.57 Å². The number of nitrogens with one attached hydrogen (secondary N) is 1. The minimum Gasteiger partial charge on any atom is -0.396 e. The van der Waals surface area contributed by atoms with E-state index in [0.717, 1.165) is 56.9 Å². The first-order chi connectivity index (χ1) is 18.0. The third kappa shape index (κ3) is 8.27. The minimum absolute atomic E-state index is 0.00502. The van der Waals surface area contributed by atoms with E-state index in [2.05, 4.69) is 35.0 Å². The average molecular weight is 515 g/mol. The van der Waals surface area contributed by atoms with Gasteiger partial charge in [-0.15, -0.1) is 0 Å². The van der Waals surface area contributed by atoms with Crippen LogP contribution in [0.3, 0.4) is 0 Å². The van der Waals surface area contributed by atoms with Gasteiger partial charge in [0, 0.05) is 18.9 Å². The Labute approximate surface area is 221 Å². The molecule has 37 heavy (non-hydrogen) atoms. The number of aliphatic hydroxyl groups is 1. The summed E-state index contributed by atoms with van der Waals surface area (Å²) in [6.45, 7) is 13.0. The van der Waals surface area contributed by atoms with Crippen molar-refractivity contribution >= 4 is 11.2 Å². The number of allylic oxidation sites excluding steroid dienone is 1. The molecule has 0 amide bonds. The van der Waals surface area contributed by atoms with E-state index in [0.29, 0.717) is 35.3 Å². The number of hydrogen-bond acceptors (Lipinski definition) is 6. The quantitative estimate of drug-likeness (QED) is 0.0794. The molecule has 1 aliphatic carbocycles. The number of aromatic nitrogens is 4. The topological polar surface area (TPSA) is 102 Å². The largest absolute Gasteiger partial charge is 0.396 e. The highest BCUT2D eigenvalue weighted by atomic mass is 17.2. The van der Waals surface area contributed by atoms with Crippen LogP contribution < -0.4 is 5.56 Å². The van der Waals surface area contributed by atoms with Gasteiger partial charge in [0.1, 0.15) is 11.6 Å². The van der Waals surface area contributed by atoms with E-state index in [-0.39, 0.29) is 24.1 Å². The van der Waals surface area contributed by atoms with Gasteiger partial charge in [0.25, 0.3) is 5.56 Å². The Balaban J connectivity index is 1.33. The van der Waals surface area contributed by atoms with Gasteiger partial charge in [-0.1, -0.05) is 71.4 Å². The van der Waals surface area contributed by atoms with E-state index in [1.54, 1.807) is 13.3 Å². The molecule has 1 fully saturated rings. The standard InChI is InChI=1S/C29H46N4O4/c1-5-6-7-11-14-17-36-37-21(2)15-12-9-8-10-13-16-24-18-26(22(3)25(24)19-34)33-20-30-27-28(33)31-23(4)32-29(27)35/h20,24-26,34H,2-3,5-19H2,1,4H3,(H,31,32,35)/t24-,25-,26-/m0/s1. The van der Waals surface area contributed by atoms with Crippen molar-refractivity contribution in [3.8, 4) is 0 Å². The maximum Gasteiger partial charge on any atom is 0.279 e. The minimum atomic E-state index is -0.222. The number of fused-ring (bicyclic) bond motifs is 1. The van der Waals surface area contributed by atoms with E-state index in [4.69, 9.17) is 9.78 Å². The monoisotopic (exact) mass is 514 g/mol. The Morgan fingerprint density at radius 2 is 1.89 bits per heavy atom. The molecule has 3 rings (SSSR count). The summed E-state index contributed by atoms with van der Waals surface area (Å²) in [6.07, 6.45) is 16.2. The van der Waals surface area contributed by atoms with E-state index < -0.39 is 0 Å². The molecular formula is C29H46N4O4. The van der Waals surface area contributed by atoms with E-state index in [1.165, 1.54) is 32.1 Å². The number of unbranched alkanes of at least 4 members (excludes halogenated alkanes) is 8. The number of hydrogen-bond donors (Lipinski definition) is 2. The summed E-state index contributed by atoms with van der Waals surface area (Å²) < 4.78 is 1.97. The van der Waals surface area contributed by atoms with Gasteiger partial charge in [-0.05, 0) is 44.1 Å². The number of aryl methyl sites for hydroxylation is 1. The normalized spacial score (nSPS) is 19.6. The lowest BCUT2D eigenvalue weighted by Gasteiger charge is -2.17. The zero-order valence-electron chi connectivity index (χ0n) is 22.8. The number of aliphatic hydroxyl groups excluding tert-OH is 1. The van der Waals surface area contributed by atoms with Crippen LogP contribution >= 0.6 is 0 Å². The summed E-state index contributed by atoms with van der Waals surface area (Å²) in [5.74, 6) is 1.72. The Bertz CT molecular complexity index is 1060. The lowest BCUT2D eigenvalue weighted by atomic mass is 9.90. The van der Waals surface area contributed by atoms with Crippen molar-refractivity contribution < 1.29 is 14.9 Å². The van der Waals surface area contributed by atoms with Crippen molar-refractivity contribution in [3.05, 3.63) is 47.0 Å². The second-order valence-corrected chi connectivity index (χ2v) is 10.5. The van der Waals surface area contributed by atoms with Crippen LogP contribution in [0.4, 0.5) is 0 Å². The number of imidazole rings is 1. The van der Waals surface area contributed by atoms with Crippen LogP contribution in [0.15, 0.2) is 35.6 Å². The van der Waals surface area contributed by atoms with Crippen molar-refractivity contribution in [1.82, 2.24) is 19.5 Å². The molecule has 1 saturated carbocycles. The van der Waals surface area contributed by atoms with Gasteiger partial charge >= 0.3 is 0 Å². The number of nitrogens with zero attached hydrogens (tertiary/aromatic N) is 3. The third-order valence-electron chi connectivity index (χ3n) is 7.62. The highest BCUT2D eigenvalue weighted by Gasteiger charge is 2.38. The second-order valence-electron chi connectivity index (χ2n) is 10.5. The van der Waals surface area contributed by atoms with Crippen LogP contribution in [0.1, 0.15) is 102 Å². The fourth-order valence-corrected chi connectivity index (χ4v) is 5.48. The lowest BCUT2D eigenvalue weighted by Crippen LogP contribution is -2.14. The maximum atomic E-state index is 12.2. The Hall–Kier alpha value is -2.45. The molecule has 0 radical (unpaired) electrons. The highest BCUT2D eigenvalue weighted by molar-refractivity contribution is 5.69. The molecule has 0 saturated heterocycles. The van der Waals surface area contributed by atoms with Crippen molar-refractivity contribution in [2.24, 2.45) is 11.8 Å². The van der Waals surface area contributed by atoms with Gasteiger partial charge in [-0.3, -0.25) is 4.79 Å². The zero-order chi connectivity index (χ0) is 26.6. The molecule has 0 bridgehead atoms. The summed E-state index contributed by atoms with van der Waals surface area (Å²) in [5.41, 5.74) is 1.73. The van der Waals surface area contributed by atoms with Crippen molar-refractivity contribution in [3.63, 3.8) is 0 Å². The summed E-state index contributed by atoms with van der Waals surface area (Å²) in [6, 6.07) is 0.00502. The second kappa shape index (κ2) is 15.1. The molecule has 2 N–H and O–H groups in total. The van der Waals surface area contributed by atoms with Crippen molar-refractivity contribution in [2.45, 2.75) is 103 Å². The van der Waals surface area contributed by atoms with Crippen LogP contribution in [0, 0.1) is 18.8 Å². The van der Waals surface area contributed by atoms with Crippen molar-refractivity contribution in [2.75, 3.05) is 13.2 Å².